The van der Waals surface area contributed by atoms with E-state index in [-0.39, 0.29) is 12.3 Å². The number of nitro benzene ring substituents is 1. The number of aromatic nitrogens is 1. The highest BCUT2D eigenvalue weighted by molar-refractivity contribution is 5.94. The third kappa shape index (κ3) is 2.72. The Morgan fingerprint density at radius 1 is 1.45 bits per heavy atom. The fraction of sp³-hybridized carbons (Fsp3) is 0.143. The Morgan fingerprint density at radius 3 is 2.95 bits per heavy atom. The molecule has 0 radical (unpaired) electrons. The molecule has 1 aromatic carbocycles. The average molecular weight is 270 g/mol. The summed E-state index contributed by atoms with van der Waals surface area (Å²) in [6, 6.07) is 6.02. The molecule has 0 saturated carbocycles. The molecule has 0 saturated heterocycles. The molecule has 0 aliphatic rings. The van der Waals surface area contributed by atoms with Crippen LogP contribution in [0, 0.1) is 22.0 Å². The topological polar surface area (TPSA) is 82.3 Å². The standard InChI is InChI=1S/C14H10N2O4/c1-2-20-13(17)8-6-10-5-7-12(16(18)19)11-4-3-9-15-14(10)11/h3-5,7,9H,2H2,1H3. The van der Waals surface area contributed by atoms with Crippen molar-refractivity contribution < 1.29 is 14.5 Å². The molecule has 0 atom stereocenters. The van der Waals surface area contributed by atoms with Crippen LogP contribution in [0.15, 0.2) is 30.5 Å². The fourth-order valence-electron chi connectivity index (χ4n) is 1.70. The van der Waals surface area contributed by atoms with Crippen LogP contribution in [0.25, 0.3) is 10.9 Å². The van der Waals surface area contributed by atoms with E-state index in [1.54, 1.807) is 19.1 Å². The Labute approximate surface area is 114 Å². The molecular formula is C14H10N2O4. The first-order valence-corrected chi connectivity index (χ1v) is 5.84. The molecule has 0 spiro atoms. The second-order valence-corrected chi connectivity index (χ2v) is 3.76. The predicted molar refractivity (Wildman–Crippen MR) is 71.9 cm³/mol. The maximum atomic E-state index is 11.2. The lowest BCUT2D eigenvalue weighted by molar-refractivity contribution is -0.383. The van der Waals surface area contributed by atoms with E-state index in [2.05, 4.69) is 16.8 Å². The molecule has 0 aliphatic heterocycles. The number of nitrogens with zero attached hydrogens (tertiary/aromatic N) is 2. The van der Waals surface area contributed by atoms with Crippen molar-refractivity contribution in [1.82, 2.24) is 4.98 Å². The van der Waals surface area contributed by atoms with E-state index in [4.69, 9.17) is 4.74 Å². The van der Waals surface area contributed by atoms with Crippen LogP contribution < -0.4 is 0 Å². The summed E-state index contributed by atoms with van der Waals surface area (Å²) in [6.07, 6.45) is 1.52. The van der Waals surface area contributed by atoms with Gasteiger partial charge in [0.1, 0.15) is 0 Å². The Kier molecular flexibility index (Phi) is 3.91. The summed E-state index contributed by atoms with van der Waals surface area (Å²) in [5.41, 5.74) is 0.785. The number of carbonyl (C=O) groups excluding carboxylic acids is 1. The molecule has 1 aromatic heterocycles. The summed E-state index contributed by atoms with van der Waals surface area (Å²) in [4.78, 5) is 25.8. The average Bonchev–Trinajstić information content (AvgIpc) is 2.44. The number of esters is 1. The number of rotatable bonds is 2. The zero-order valence-electron chi connectivity index (χ0n) is 10.6. The minimum atomic E-state index is -0.644. The van der Waals surface area contributed by atoms with Gasteiger partial charge < -0.3 is 4.74 Å². The smallest absolute Gasteiger partial charge is 0.384 e. The van der Waals surface area contributed by atoms with Crippen LogP contribution in [-0.2, 0) is 9.53 Å². The highest BCUT2D eigenvalue weighted by atomic mass is 16.6. The van der Waals surface area contributed by atoms with Crippen molar-refractivity contribution in [3.8, 4) is 11.8 Å². The molecule has 20 heavy (non-hydrogen) atoms. The van der Waals surface area contributed by atoms with E-state index in [1.807, 2.05) is 0 Å². The zero-order valence-corrected chi connectivity index (χ0v) is 10.6. The van der Waals surface area contributed by atoms with E-state index in [0.717, 1.165) is 0 Å². The summed E-state index contributed by atoms with van der Waals surface area (Å²) in [5.74, 6) is 4.30. The van der Waals surface area contributed by atoms with Crippen molar-refractivity contribution in [2.75, 3.05) is 6.61 Å². The van der Waals surface area contributed by atoms with E-state index in [1.165, 1.54) is 18.3 Å². The minimum Gasteiger partial charge on any atom is -0.456 e. The minimum absolute atomic E-state index is 0.0465. The summed E-state index contributed by atoms with van der Waals surface area (Å²) in [5, 5.41) is 11.3. The van der Waals surface area contributed by atoms with Gasteiger partial charge in [-0.1, -0.05) is 5.92 Å². The van der Waals surface area contributed by atoms with Gasteiger partial charge in [-0.05, 0) is 25.1 Å². The molecule has 0 bridgehead atoms. The van der Waals surface area contributed by atoms with Crippen LogP contribution in [0.2, 0.25) is 0 Å². The molecular weight excluding hydrogens is 260 g/mol. The van der Waals surface area contributed by atoms with Gasteiger partial charge in [0.05, 0.1) is 28.0 Å². The fourth-order valence-corrected chi connectivity index (χ4v) is 1.70. The number of nitro groups is 1. The van der Waals surface area contributed by atoms with Crippen LogP contribution >= 0.6 is 0 Å². The van der Waals surface area contributed by atoms with Gasteiger partial charge in [0.25, 0.3) is 5.69 Å². The normalized spacial score (nSPS) is 9.65. The first-order valence-electron chi connectivity index (χ1n) is 5.84. The molecule has 1 heterocycles. The summed E-state index contributed by atoms with van der Waals surface area (Å²) in [7, 11) is 0. The number of hydrogen-bond acceptors (Lipinski definition) is 5. The number of benzene rings is 1. The van der Waals surface area contributed by atoms with Gasteiger partial charge in [-0.3, -0.25) is 15.1 Å². The largest absolute Gasteiger partial charge is 0.456 e. The number of pyridine rings is 1. The quantitative estimate of drug-likeness (QED) is 0.361. The van der Waals surface area contributed by atoms with E-state index >= 15 is 0 Å². The molecule has 100 valence electrons. The van der Waals surface area contributed by atoms with Crippen LogP contribution in [0.5, 0.6) is 0 Å². The van der Waals surface area contributed by atoms with Gasteiger partial charge in [0.15, 0.2) is 0 Å². The Hall–Kier alpha value is -2.94. The first kappa shape index (κ1) is 13.5. The lowest BCUT2D eigenvalue weighted by Gasteiger charge is -2.00. The Balaban J connectivity index is 2.54. The van der Waals surface area contributed by atoms with Crippen molar-refractivity contribution in [3.05, 3.63) is 46.1 Å². The number of ether oxygens (including phenoxy) is 1. The van der Waals surface area contributed by atoms with Crippen molar-refractivity contribution in [3.63, 3.8) is 0 Å². The molecule has 0 aliphatic carbocycles. The molecule has 2 rings (SSSR count). The highest BCUT2D eigenvalue weighted by Crippen LogP contribution is 2.26. The third-order valence-electron chi connectivity index (χ3n) is 2.52. The van der Waals surface area contributed by atoms with Crippen LogP contribution in [0.1, 0.15) is 12.5 Å². The highest BCUT2D eigenvalue weighted by Gasteiger charge is 2.13. The Morgan fingerprint density at radius 2 is 2.25 bits per heavy atom. The van der Waals surface area contributed by atoms with Gasteiger partial charge in [0.2, 0.25) is 0 Å². The van der Waals surface area contributed by atoms with Crippen molar-refractivity contribution in [1.29, 1.82) is 0 Å². The Bertz CT molecular complexity index is 744. The maximum absolute atomic E-state index is 11.2. The summed E-state index contributed by atoms with van der Waals surface area (Å²) in [6.45, 7) is 1.93. The maximum Gasteiger partial charge on any atom is 0.384 e. The number of hydrogen-bond donors (Lipinski definition) is 0. The van der Waals surface area contributed by atoms with Gasteiger partial charge in [-0.15, -0.1) is 0 Å². The number of non-ortho nitro benzene ring substituents is 1. The molecule has 0 unspecified atom stereocenters. The number of carbonyl (C=O) groups is 1. The lowest BCUT2D eigenvalue weighted by Crippen LogP contribution is -1.99. The second kappa shape index (κ2) is 5.80. The molecule has 0 fully saturated rings. The van der Waals surface area contributed by atoms with E-state index in [0.29, 0.717) is 16.5 Å². The molecule has 2 aromatic rings. The molecule has 6 heteroatoms. The second-order valence-electron chi connectivity index (χ2n) is 3.76. The van der Waals surface area contributed by atoms with Crippen molar-refractivity contribution >= 4 is 22.6 Å². The molecule has 6 nitrogen and oxygen atoms in total. The monoisotopic (exact) mass is 270 g/mol. The predicted octanol–water partition coefficient (Wildman–Crippen LogP) is 2.06. The first-order chi connectivity index (χ1) is 9.63. The van der Waals surface area contributed by atoms with E-state index < -0.39 is 10.9 Å². The van der Waals surface area contributed by atoms with Crippen molar-refractivity contribution in [2.45, 2.75) is 6.92 Å². The van der Waals surface area contributed by atoms with Crippen LogP contribution in [-0.4, -0.2) is 22.5 Å². The lowest BCUT2D eigenvalue weighted by atomic mass is 10.1. The number of fused-ring (bicyclic) bond motifs is 1. The molecule has 0 N–H and O–H groups in total. The van der Waals surface area contributed by atoms with Gasteiger partial charge in [-0.25, -0.2) is 4.79 Å². The third-order valence-corrected chi connectivity index (χ3v) is 2.52. The van der Waals surface area contributed by atoms with E-state index in [9.17, 15) is 14.9 Å². The zero-order chi connectivity index (χ0) is 14.5. The van der Waals surface area contributed by atoms with Crippen LogP contribution in [0.4, 0.5) is 5.69 Å². The van der Waals surface area contributed by atoms with Gasteiger partial charge >= 0.3 is 5.97 Å². The van der Waals surface area contributed by atoms with Crippen LogP contribution in [0.3, 0.4) is 0 Å². The SMILES string of the molecule is CCOC(=O)C#Cc1ccc([N+](=O)[O-])c2cccnc12. The van der Waals surface area contributed by atoms with Gasteiger partial charge in [-0.2, -0.15) is 0 Å². The summed E-state index contributed by atoms with van der Waals surface area (Å²) >= 11 is 0. The molecule has 0 amide bonds. The van der Waals surface area contributed by atoms with Gasteiger partial charge in [0, 0.05) is 18.2 Å². The van der Waals surface area contributed by atoms with Crippen molar-refractivity contribution in [2.24, 2.45) is 0 Å². The summed E-state index contributed by atoms with van der Waals surface area (Å²) < 4.78 is 4.70.